The maximum absolute atomic E-state index is 9.58. The highest BCUT2D eigenvalue weighted by Gasteiger charge is 2.12. The average Bonchev–Trinajstić information content (AvgIpc) is 2.07. The molecule has 0 unspecified atom stereocenters. The molecule has 1 aromatic carbocycles. The van der Waals surface area contributed by atoms with Crippen LogP contribution in [0.3, 0.4) is 0 Å². The van der Waals surface area contributed by atoms with E-state index in [1.54, 1.807) is 13.8 Å². The fourth-order valence-corrected chi connectivity index (χ4v) is 1.52. The van der Waals surface area contributed by atoms with Gasteiger partial charge in [0.05, 0.1) is 17.0 Å². The van der Waals surface area contributed by atoms with Crippen molar-refractivity contribution in [2.75, 3.05) is 17.6 Å². The van der Waals surface area contributed by atoms with Crippen LogP contribution in [0.2, 0.25) is 0 Å². The molecule has 4 N–H and O–H groups in total. The van der Waals surface area contributed by atoms with Crippen molar-refractivity contribution in [1.29, 1.82) is 0 Å². The van der Waals surface area contributed by atoms with Gasteiger partial charge in [-0.2, -0.15) is 0 Å². The van der Waals surface area contributed by atoms with Gasteiger partial charge in [0.15, 0.2) is 0 Å². The fraction of sp³-hybridized carbons (Fsp3) is 0.455. The molecule has 0 aromatic heterocycles. The third-order valence-corrected chi connectivity index (χ3v) is 2.90. The van der Waals surface area contributed by atoms with Crippen LogP contribution in [0.15, 0.2) is 16.6 Å². The van der Waals surface area contributed by atoms with Crippen molar-refractivity contribution in [3.05, 3.63) is 22.2 Å². The highest BCUT2D eigenvalue weighted by molar-refractivity contribution is 9.10. The molecule has 84 valence electrons. The molecular formula is C11H17BrN2O. The summed E-state index contributed by atoms with van der Waals surface area (Å²) in [5, 5.41) is 12.7. The first-order chi connectivity index (χ1) is 6.79. The van der Waals surface area contributed by atoms with Crippen LogP contribution in [-0.2, 0) is 0 Å². The fourth-order valence-electron chi connectivity index (χ4n) is 1.16. The Labute approximate surface area is 98.8 Å². The van der Waals surface area contributed by atoms with Crippen LogP contribution >= 0.6 is 15.9 Å². The molecule has 0 spiro atoms. The van der Waals surface area contributed by atoms with E-state index < -0.39 is 5.60 Å². The molecule has 1 aromatic rings. The molecule has 0 amide bonds. The van der Waals surface area contributed by atoms with Crippen LogP contribution in [0.25, 0.3) is 0 Å². The Morgan fingerprint density at radius 3 is 2.60 bits per heavy atom. The summed E-state index contributed by atoms with van der Waals surface area (Å²) < 4.78 is 0.994. The predicted octanol–water partition coefficient (Wildman–Crippen LogP) is 2.52. The van der Waals surface area contributed by atoms with Gasteiger partial charge >= 0.3 is 0 Å². The number of anilines is 2. The highest BCUT2D eigenvalue weighted by Crippen LogP contribution is 2.27. The second-order valence-corrected chi connectivity index (χ2v) is 5.21. The summed E-state index contributed by atoms with van der Waals surface area (Å²) in [6.07, 6.45) is 0. The van der Waals surface area contributed by atoms with Crippen molar-refractivity contribution in [1.82, 2.24) is 0 Å². The minimum absolute atomic E-state index is 0.471. The molecule has 0 saturated carbocycles. The van der Waals surface area contributed by atoms with Gasteiger partial charge in [0.25, 0.3) is 0 Å². The first kappa shape index (κ1) is 12.3. The van der Waals surface area contributed by atoms with Crippen LogP contribution in [-0.4, -0.2) is 17.3 Å². The number of benzene rings is 1. The summed E-state index contributed by atoms with van der Waals surface area (Å²) >= 11 is 3.41. The topological polar surface area (TPSA) is 58.3 Å². The summed E-state index contributed by atoms with van der Waals surface area (Å²) in [5.41, 5.74) is 7.75. The molecule has 0 atom stereocenters. The van der Waals surface area contributed by atoms with Crippen molar-refractivity contribution in [3.8, 4) is 0 Å². The van der Waals surface area contributed by atoms with Crippen LogP contribution in [0, 0.1) is 6.92 Å². The lowest BCUT2D eigenvalue weighted by atomic mass is 10.1. The Morgan fingerprint density at radius 2 is 2.07 bits per heavy atom. The van der Waals surface area contributed by atoms with Crippen LogP contribution in [0.4, 0.5) is 11.4 Å². The molecule has 0 heterocycles. The Kier molecular flexibility index (Phi) is 3.62. The second-order valence-electron chi connectivity index (χ2n) is 4.35. The lowest BCUT2D eigenvalue weighted by molar-refractivity contribution is 0.0945. The summed E-state index contributed by atoms with van der Waals surface area (Å²) in [7, 11) is 0. The van der Waals surface area contributed by atoms with Crippen LogP contribution in [0.1, 0.15) is 19.4 Å². The molecule has 0 fully saturated rings. The van der Waals surface area contributed by atoms with Gasteiger partial charge in [0.2, 0.25) is 0 Å². The largest absolute Gasteiger partial charge is 0.397 e. The number of nitrogens with two attached hydrogens (primary N) is 1. The van der Waals surface area contributed by atoms with Crippen molar-refractivity contribution >= 4 is 27.3 Å². The molecule has 3 nitrogen and oxygen atoms in total. The van der Waals surface area contributed by atoms with Crippen LogP contribution in [0.5, 0.6) is 0 Å². The maximum atomic E-state index is 9.58. The quantitative estimate of drug-likeness (QED) is 0.742. The number of hydrogen-bond donors (Lipinski definition) is 3. The Hall–Kier alpha value is -0.740. The Balaban J connectivity index is 2.82. The van der Waals surface area contributed by atoms with E-state index in [9.17, 15) is 5.11 Å². The zero-order valence-electron chi connectivity index (χ0n) is 9.26. The minimum Gasteiger partial charge on any atom is -0.397 e. The van der Waals surface area contributed by atoms with Gasteiger partial charge in [0, 0.05) is 11.0 Å². The second kappa shape index (κ2) is 4.41. The van der Waals surface area contributed by atoms with Crippen molar-refractivity contribution in [2.45, 2.75) is 26.4 Å². The van der Waals surface area contributed by atoms with E-state index in [0.29, 0.717) is 12.2 Å². The van der Waals surface area contributed by atoms with Crippen molar-refractivity contribution in [2.24, 2.45) is 0 Å². The molecule has 4 heteroatoms. The number of hydrogen-bond acceptors (Lipinski definition) is 3. The lowest BCUT2D eigenvalue weighted by Gasteiger charge is -2.20. The normalized spacial score (nSPS) is 11.5. The molecule has 1 rings (SSSR count). The number of aliphatic hydroxyl groups is 1. The molecular weight excluding hydrogens is 256 g/mol. The van der Waals surface area contributed by atoms with E-state index in [1.807, 2.05) is 19.1 Å². The number of nitrogens with one attached hydrogen (secondary N) is 1. The first-order valence-corrected chi connectivity index (χ1v) is 5.61. The number of nitrogen functional groups attached to an aromatic ring is 1. The SMILES string of the molecule is Cc1cc(NCC(C)(C)O)c(N)cc1Br. The van der Waals surface area contributed by atoms with Gasteiger partial charge < -0.3 is 16.2 Å². The van der Waals surface area contributed by atoms with E-state index in [1.165, 1.54) is 0 Å². The van der Waals surface area contributed by atoms with Crippen molar-refractivity contribution < 1.29 is 5.11 Å². The van der Waals surface area contributed by atoms with E-state index >= 15 is 0 Å². The molecule has 0 aliphatic rings. The smallest absolute Gasteiger partial charge is 0.0763 e. The predicted molar refractivity (Wildman–Crippen MR) is 68.1 cm³/mol. The van der Waals surface area contributed by atoms with Crippen molar-refractivity contribution in [3.63, 3.8) is 0 Å². The lowest BCUT2D eigenvalue weighted by Crippen LogP contribution is -2.29. The third-order valence-electron chi connectivity index (χ3n) is 2.04. The van der Waals surface area contributed by atoms with Gasteiger partial charge in [-0.3, -0.25) is 0 Å². The summed E-state index contributed by atoms with van der Waals surface area (Å²) in [6, 6.07) is 3.83. The van der Waals surface area contributed by atoms with E-state index in [-0.39, 0.29) is 0 Å². The Bertz CT molecular complexity index is 358. The maximum Gasteiger partial charge on any atom is 0.0763 e. The average molecular weight is 273 g/mol. The number of halogens is 1. The van der Waals surface area contributed by atoms with Gasteiger partial charge in [-0.25, -0.2) is 0 Å². The zero-order valence-corrected chi connectivity index (χ0v) is 10.9. The monoisotopic (exact) mass is 272 g/mol. The van der Waals surface area contributed by atoms with Gasteiger partial charge in [-0.1, -0.05) is 15.9 Å². The minimum atomic E-state index is -0.743. The van der Waals surface area contributed by atoms with Gasteiger partial charge in [-0.15, -0.1) is 0 Å². The molecule has 0 aliphatic heterocycles. The summed E-state index contributed by atoms with van der Waals surface area (Å²) in [5.74, 6) is 0. The Morgan fingerprint density at radius 1 is 1.47 bits per heavy atom. The van der Waals surface area contributed by atoms with Gasteiger partial charge in [-0.05, 0) is 38.5 Å². The molecule has 15 heavy (non-hydrogen) atoms. The van der Waals surface area contributed by atoms with Crippen LogP contribution < -0.4 is 11.1 Å². The standard InChI is InChI=1S/C11H17BrN2O/c1-7-4-10(9(13)5-8(7)12)14-6-11(2,3)15/h4-5,14-15H,6,13H2,1-3H3. The summed E-state index contributed by atoms with van der Waals surface area (Å²) in [4.78, 5) is 0. The van der Waals surface area contributed by atoms with E-state index in [4.69, 9.17) is 5.73 Å². The van der Waals surface area contributed by atoms with E-state index in [2.05, 4.69) is 21.2 Å². The number of rotatable bonds is 3. The molecule has 0 radical (unpaired) electrons. The molecule has 0 aliphatic carbocycles. The zero-order chi connectivity index (χ0) is 11.6. The molecule has 0 bridgehead atoms. The third kappa shape index (κ3) is 3.72. The first-order valence-electron chi connectivity index (χ1n) is 4.81. The van der Waals surface area contributed by atoms with E-state index in [0.717, 1.165) is 15.7 Å². The highest BCUT2D eigenvalue weighted by atomic mass is 79.9. The number of aryl methyl sites for hydroxylation is 1. The summed E-state index contributed by atoms with van der Waals surface area (Å²) in [6.45, 7) is 5.97. The van der Waals surface area contributed by atoms with Gasteiger partial charge in [0.1, 0.15) is 0 Å². The molecule has 0 saturated heterocycles.